The first-order chi connectivity index (χ1) is 8.74. The summed E-state index contributed by atoms with van der Waals surface area (Å²) in [6, 6.07) is 14.8. The number of hydrogen-bond donors (Lipinski definition) is 1. The maximum Gasteiger partial charge on any atom is 0.124 e. The molecule has 18 heavy (non-hydrogen) atoms. The molecule has 0 aliphatic carbocycles. The normalized spacial score (nSPS) is 9.28. The SMILES string of the molecule is N#Cc1ccccc1Nc1ccc(F)cc1C#N. The fourth-order valence-corrected chi connectivity index (χ4v) is 1.55. The minimum absolute atomic E-state index is 0.197. The van der Waals surface area contributed by atoms with Gasteiger partial charge in [0.25, 0.3) is 0 Å². The van der Waals surface area contributed by atoms with Crippen molar-refractivity contribution in [2.75, 3.05) is 5.32 Å². The molecule has 0 aliphatic heterocycles. The Morgan fingerprint density at radius 1 is 0.889 bits per heavy atom. The topological polar surface area (TPSA) is 59.6 Å². The molecule has 0 aliphatic rings. The Labute approximate surface area is 104 Å². The number of rotatable bonds is 2. The van der Waals surface area contributed by atoms with Gasteiger partial charge in [0.1, 0.15) is 18.0 Å². The minimum atomic E-state index is -0.467. The number of nitrogens with zero attached hydrogens (tertiary/aromatic N) is 2. The number of nitrogens with one attached hydrogen (secondary N) is 1. The lowest BCUT2D eigenvalue weighted by molar-refractivity contribution is 0.627. The van der Waals surface area contributed by atoms with Crippen molar-refractivity contribution in [3.63, 3.8) is 0 Å². The molecule has 0 radical (unpaired) electrons. The fraction of sp³-hybridized carbons (Fsp3) is 0. The van der Waals surface area contributed by atoms with Crippen molar-refractivity contribution in [3.05, 3.63) is 59.4 Å². The zero-order valence-electron chi connectivity index (χ0n) is 9.31. The Balaban J connectivity index is 2.41. The minimum Gasteiger partial charge on any atom is -0.353 e. The molecule has 4 heteroatoms. The van der Waals surface area contributed by atoms with Gasteiger partial charge < -0.3 is 5.32 Å². The molecule has 0 atom stereocenters. The van der Waals surface area contributed by atoms with E-state index < -0.39 is 5.82 Å². The van der Waals surface area contributed by atoms with Crippen LogP contribution >= 0.6 is 0 Å². The van der Waals surface area contributed by atoms with Crippen LogP contribution in [0.2, 0.25) is 0 Å². The van der Waals surface area contributed by atoms with E-state index in [0.29, 0.717) is 16.9 Å². The molecule has 0 unspecified atom stereocenters. The molecule has 1 N–H and O–H groups in total. The molecule has 2 rings (SSSR count). The molecular formula is C14H8FN3. The van der Waals surface area contributed by atoms with Crippen molar-refractivity contribution in [1.29, 1.82) is 10.5 Å². The van der Waals surface area contributed by atoms with E-state index in [-0.39, 0.29) is 5.56 Å². The van der Waals surface area contributed by atoms with E-state index >= 15 is 0 Å². The highest BCUT2D eigenvalue weighted by Crippen LogP contribution is 2.23. The van der Waals surface area contributed by atoms with Gasteiger partial charge in [-0.3, -0.25) is 0 Å². The van der Waals surface area contributed by atoms with Gasteiger partial charge in [-0.15, -0.1) is 0 Å². The highest BCUT2D eigenvalue weighted by molar-refractivity contribution is 5.70. The lowest BCUT2D eigenvalue weighted by Crippen LogP contribution is -1.96. The summed E-state index contributed by atoms with van der Waals surface area (Å²) in [5.74, 6) is -0.467. The predicted molar refractivity (Wildman–Crippen MR) is 65.6 cm³/mol. The molecule has 0 fully saturated rings. The molecule has 0 amide bonds. The summed E-state index contributed by atoms with van der Waals surface area (Å²) in [6.45, 7) is 0. The molecule has 3 nitrogen and oxygen atoms in total. The number of nitriles is 2. The van der Waals surface area contributed by atoms with Crippen LogP contribution in [-0.4, -0.2) is 0 Å². The Morgan fingerprint density at radius 2 is 1.56 bits per heavy atom. The second kappa shape index (κ2) is 4.99. The van der Waals surface area contributed by atoms with Crippen molar-refractivity contribution in [2.45, 2.75) is 0 Å². The number of para-hydroxylation sites is 1. The third-order valence-electron chi connectivity index (χ3n) is 2.42. The van der Waals surface area contributed by atoms with Crippen LogP contribution in [0.15, 0.2) is 42.5 Å². The average Bonchev–Trinajstić information content (AvgIpc) is 2.41. The Bertz CT molecular complexity index is 665. The van der Waals surface area contributed by atoms with Crippen LogP contribution in [-0.2, 0) is 0 Å². The highest BCUT2D eigenvalue weighted by Gasteiger charge is 2.06. The van der Waals surface area contributed by atoms with Crippen LogP contribution in [0, 0.1) is 28.5 Å². The summed E-state index contributed by atoms with van der Waals surface area (Å²) in [7, 11) is 0. The van der Waals surface area contributed by atoms with Crippen LogP contribution in [0.1, 0.15) is 11.1 Å². The van der Waals surface area contributed by atoms with Gasteiger partial charge >= 0.3 is 0 Å². The van der Waals surface area contributed by atoms with E-state index in [2.05, 4.69) is 5.32 Å². The van der Waals surface area contributed by atoms with E-state index in [1.807, 2.05) is 12.1 Å². The van der Waals surface area contributed by atoms with Crippen molar-refractivity contribution >= 4 is 11.4 Å². The van der Waals surface area contributed by atoms with Gasteiger partial charge in [0.15, 0.2) is 0 Å². The van der Waals surface area contributed by atoms with Gasteiger partial charge in [-0.1, -0.05) is 12.1 Å². The number of anilines is 2. The van der Waals surface area contributed by atoms with Crippen LogP contribution < -0.4 is 5.32 Å². The standard InChI is InChI=1S/C14H8FN3/c15-12-5-6-14(11(7-12)9-17)18-13-4-2-1-3-10(13)8-16/h1-7,18H. The number of benzene rings is 2. The van der Waals surface area contributed by atoms with E-state index in [9.17, 15) is 4.39 Å². The maximum atomic E-state index is 13.0. The predicted octanol–water partition coefficient (Wildman–Crippen LogP) is 3.31. The van der Waals surface area contributed by atoms with Crippen molar-refractivity contribution in [1.82, 2.24) is 0 Å². The summed E-state index contributed by atoms with van der Waals surface area (Å²) >= 11 is 0. The third kappa shape index (κ3) is 2.28. The first-order valence-corrected chi connectivity index (χ1v) is 5.20. The highest BCUT2D eigenvalue weighted by atomic mass is 19.1. The molecule has 2 aromatic rings. The molecule has 2 aromatic carbocycles. The molecule has 0 saturated carbocycles. The third-order valence-corrected chi connectivity index (χ3v) is 2.42. The van der Waals surface area contributed by atoms with Gasteiger partial charge in [-0.25, -0.2) is 4.39 Å². The first kappa shape index (κ1) is 11.6. The molecule has 0 bridgehead atoms. The summed E-state index contributed by atoms with van der Waals surface area (Å²) in [4.78, 5) is 0. The summed E-state index contributed by atoms with van der Waals surface area (Å²) < 4.78 is 13.0. The smallest absolute Gasteiger partial charge is 0.124 e. The van der Waals surface area contributed by atoms with E-state index in [1.165, 1.54) is 12.1 Å². The maximum absolute atomic E-state index is 13.0. The van der Waals surface area contributed by atoms with Gasteiger partial charge in [-0.05, 0) is 30.3 Å². The van der Waals surface area contributed by atoms with Crippen molar-refractivity contribution < 1.29 is 4.39 Å². The van der Waals surface area contributed by atoms with Crippen molar-refractivity contribution in [3.8, 4) is 12.1 Å². The Hall–Kier alpha value is -2.85. The largest absolute Gasteiger partial charge is 0.353 e. The van der Waals surface area contributed by atoms with Gasteiger partial charge in [0, 0.05) is 0 Å². The summed E-state index contributed by atoms with van der Waals surface area (Å²) in [5.41, 5.74) is 1.72. The molecule has 0 heterocycles. The van der Waals surface area contributed by atoms with E-state index in [1.54, 1.807) is 24.3 Å². The van der Waals surface area contributed by atoms with Gasteiger partial charge in [0.05, 0.1) is 22.5 Å². The van der Waals surface area contributed by atoms with E-state index in [0.717, 1.165) is 6.07 Å². The zero-order valence-corrected chi connectivity index (χ0v) is 9.31. The molecular weight excluding hydrogens is 229 g/mol. The van der Waals surface area contributed by atoms with Crippen LogP contribution in [0.25, 0.3) is 0 Å². The fourth-order valence-electron chi connectivity index (χ4n) is 1.55. The Morgan fingerprint density at radius 3 is 2.28 bits per heavy atom. The zero-order chi connectivity index (χ0) is 13.0. The molecule has 0 saturated heterocycles. The van der Waals surface area contributed by atoms with Crippen LogP contribution in [0.5, 0.6) is 0 Å². The second-order valence-electron chi connectivity index (χ2n) is 3.58. The lowest BCUT2D eigenvalue weighted by Gasteiger charge is -2.09. The average molecular weight is 237 g/mol. The quantitative estimate of drug-likeness (QED) is 0.871. The summed E-state index contributed by atoms with van der Waals surface area (Å²) in [5, 5.41) is 20.8. The molecule has 0 aromatic heterocycles. The summed E-state index contributed by atoms with van der Waals surface area (Å²) in [6.07, 6.45) is 0. The van der Waals surface area contributed by atoms with Crippen LogP contribution in [0.3, 0.4) is 0 Å². The lowest BCUT2D eigenvalue weighted by atomic mass is 10.1. The van der Waals surface area contributed by atoms with Gasteiger partial charge in [0.2, 0.25) is 0 Å². The second-order valence-corrected chi connectivity index (χ2v) is 3.58. The van der Waals surface area contributed by atoms with Gasteiger partial charge in [-0.2, -0.15) is 10.5 Å². The molecule has 86 valence electrons. The Kier molecular flexibility index (Phi) is 3.22. The van der Waals surface area contributed by atoms with Crippen molar-refractivity contribution in [2.24, 2.45) is 0 Å². The van der Waals surface area contributed by atoms with Crippen LogP contribution in [0.4, 0.5) is 15.8 Å². The van der Waals surface area contributed by atoms with E-state index in [4.69, 9.17) is 10.5 Å². The number of hydrogen-bond acceptors (Lipinski definition) is 3. The molecule has 0 spiro atoms. The monoisotopic (exact) mass is 237 g/mol. The first-order valence-electron chi connectivity index (χ1n) is 5.20. The number of halogens is 1.